The molecule has 0 spiro atoms. The van der Waals surface area contributed by atoms with Gasteiger partial charge in [-0.15, -0.1) is 0 Å². The van der Waals surface area contributed by atoms with Crippen LogP contribution in [0.4, 0.5) is 0 Å². The van der Waals surface area contributed by atoms with Crippen molar-refractivity contribution in [3.63, 3.8) is 0 Å². The molecule has 1 aliphatic rings. The summed E-state index contributed by atoms with van der Waals surface area (Å²) in [5.74, 6) is 1.54. The Morgan fingerprint density at radius 1 is 1.53 bits per heavy atom. The van der Waals surface area contributed by atoms with Gasteiger partial charge in [0.25, 0.3) is 0 Å². The predicted octanol–water partition coefficient (Wildman–Crippen LogP) is 2.17. The molecule has 0 atom stereocenters. The summed E-state index contributed by atoms with van der Waals surface area (Å²) in [7, 11) is 0. The van der Waals surface area contributed by atoms with E-state index in [1.54, 1.807) is 6.26 Å². The van der Waals surface area contributed by atoms with Gasteiger partial charge in [-0.05, 0) is 31.1 Å². The summed E-state index contributed by atoms with van der Waals surface area (Å²) in [6.07, 6.45) is 5.05. The van der Waals surface area contributed by atoms with Crippen LogP contribution in [0.3, 0.4) is 0 Å². The molecular formula is C12H15NO2. The molecule has 0 bridgehead atoms. The molecule has 0 aliphatic carbocycles. The van der Waals surface area contributed by atoms with Crippen molar-refractivity contribution in [1.82, 2.24) is 4.90 Å². The largest absolute Gasteiger partial charge is 0.469 e. The minimum Gasteiger partial charge on any atom is -0.469 e. The third kappa shape index (κ3) is 2.12. The number of piperidine rings is 1. The fourth-order valence-electron chi connectivity index (χ4n) is 2.04. The summed E-state index contributed by atoms with van der Waals surface area (Å²) in [6.45, 7) is 5.10. The fraction of sp³-hybridized carbons (Fsp3) is 0.417. The zero-order chi connectivity index (χ0) is 10.7. The van der Waals surface area contributed by atoms with E-state index in [2.05, 4.69) is 6.58 Å². The lowest BCUT2D eigenvalue weighted by molar-refractivity contribution is -0.127. The molecule has 3 heteroatoms. The van der Waals surface area contributed by atoms with Crippen molar-refractivity contribution in [2.24, 2.45) is 0 Å². The lowest BCUT2D eigenvalue weighted by atomic mass is 9.94. The topological polar surface area (TPSA) is 33.5 Å². The normalized spacial score (nSPS) is 17.7. The van der Waals surface area contributed by atoms with Crippen LogP contribution in [0.15, 0.2) is 35.5 Å². The maximum absolute atomic E-state index is 11.3. The van der Waals surface area contributed by atoms with Crippen LogP contribution in [-0.4, -0.2) is 23.9 Å². The molecule has 1 aromatic heterocycles. The van der Waals surface area contributed by atoms with Crippen LogP contribution < -0.4 is 0 Å². The number of likely N-dealkylation sites (tertiary alicyclic amines) is 1. The highest BCUT2D eigenvalue weighted by Gasteiger charge is 2.23. The molecule has 0 radical (unpaired) electrons. The Bertz CT molecular complexity index is 335. The highest BCUT2D eigenvalue weighted by Crippen LogP contribution is 2.28. The number of amides is 1. The molecule has 1 amide bonds. The van der Waals surface area contributed by atoms with Gasteiger partial charge in [-0.3, -0.25) is 4.79 Å². The van der Waals surface area contributed by atoms with Crippen LogP contribution >= 0.6 is 0 Å². The Morgan fingerprint density at radius 2 is 2.27 bits per heavy atom. The number of carbonyl (C=O) groups is 1. The highest BCUT2D eigenvalue weighted by molar-refractivity contribution is 5.87. The summed E-state index contributed by atoms with van der Waals surface area (Å²) < 4.78 is 5.37. The molecule has 3 nitrogen and oxygen atoms in total. The van der Waals surface area contributed by atoms with Gasteiger partial charge in [-0.1, -0.05) is 6.58 Å². The lowest BCUT2D eigenvalue weighted by Gasteiger charge is -2.30. The number of furan rings is 1. The zero-order valence-corrected chi connectivity index (χ0v) is 8.69. The van der Waals surface area contributed by atoms with Gasteiger partial charge in [0, 0.05) is 19.0 Å². The Labute approximate surface area is 89.4 Å². The maximum Gasteiger partial charge on any atom is 0.245 e. The van der Waals surface area contributed by atoms with Crippen molar-refractivity contribution < 1.29 is 9.21 Å². The Morgan fingerprint density at radius 3 is 2.80 bits per heavy atom. The van der Waals surface area contributed by atoms with E-state index < -0.39 is 0 Å². The van der Waals surface area contributed by atoms with Crippen LogP contribution in [0.1, 0.15) is 24.5 Å². The average molecular weight is 205 g/mol. The molecule has 1 aliphatic heterocycles. The third-order valence-electron chi connectivity index (χ3n) is 2.93. The second-order valence-corrected chi connectivity index (χ2v) is 3.82. The summed E-state index contributed by atoms with van der Waals surface area (Å²) >= 11 is 0. The van der Waals surface area contributed by atoms with Crippen LogP contribution in [0.25, 0.3) is 0 Å². The lowest BCUT2D eigenvalue weighted by Crippen LogP contribution is -2.36. The number of rotatable bonds is 2. The summed E-state index contributed by atoms with van der Waals surface area (Å²) in [5, 5.41) is 0. The third-order valence-corrected chi connectivity index (χ3v) is 2.93. The molecule has 15 heavy (non-hydrogen) atoms. The minimum absolute atomic E-state index is 0.0351. The second-order valence-electron chi connectivity index (χ2n) is 3.82. The van der Waals surface area contributed by atoms with E-state index >= 15 is 0 Å². The molecule has 0 unspecified atom stereocenters. The van der Waals surface area contributed by atoms with Gasteiger partial charge in [0.2, 0.25) is 5.91 Å². The van der Waals surface area contributed by atoms with Gasteiger partial charge in [-0.2, -0.15) is 0 Å². The number of hydrogen-bond acceptors (Lipinski definition) is 2. The van der Waals surface area contributed by atoms with E-state index in [4.69, 9.17) is 4.42 Å². The Hall–Kier alpha value is -1.51. The van der Waals surface area contributed by atoms with E-state index in [1.165, 1.54) is 6.08 Å². The molecule has 1 aromatic rings. The molecule has 0 N–H and O–H groups in total. The van der Waals surface area contributed by atoms with Crippen molar-refractivity contribution in [3.8, 4) is 0 Å². The molecule has 0 aromatic carbocycles. The molecule has 1 saturated heterocycles. The summed E-state index contributed by atoms with van der Waals surface area (Å²) in [6, 6.07) is 3.92. The first-order valence-corrected chi connectivity index (χ1v) is 5.26. The standard InChI is InChI=1S/C12H15NO2/c1-2-12(14)13-7-5-10(6-8-13)11-4-3-9-15-11/h2-4,9-10H,1,5-8H2. The average Bonchev–Trinajstić information content (AvgIpc) is 2.82. The monoisotopic (exact) mass is 205 g/mol. The SMILES string of the molecule is C=CC(=O)N1CCC(c2ccco2)CC1. The summed E-state index contributed by atoms with van der Waals surface area (Å²) in [4.78, 5) is 13.2. The highest BCUT2D eigenvalue weighted by atomic mass is 16.3. The first kappa shape index (κ1) is 10.0. The predicted molar refractivity (Wildman–Crippen MR) is 57.5 cm³/mol. The maximum atomic E-state index is 11.3. The zero-order valence-electron chi connectivity index (χ0n) is 8.69. The van der Waals surface area contributed by atoms with Gasteiger partial charge in [0.15, 0.2) is 0 Å². The van der Waals surface area contributed by atoms with Crippen LogP contribution in [0, 0.1) is 0 Å². The first-order chi connectivity index (χ1) is 7.31. The summed E-state index contributed by atoms with van der Waals surface area (Å²) in [5.41, 5.74) is 0. The van der Waals surface area contributed by atoms with Crippen LogP contribution in [0.2, 0.25) is 0 Å². The minimum atomic E-state index is 0.0351. The van der Waals surface area contributed by atoms with E-state index in [1.807, 2.05) is 17.0 Å². The van der Waals surface area contributed by atoms with E-state index in [-0.39, 0.29) is 5.91 Å². The molecule has 0 saturated carbocycles. The van der Waals surface area contributed by atoms with Crippen molar-refractivity contribution >= 4 is 5.91 Å². The van der Waals surface area contributed by atoms with Crippen molar-refractivity contribution in [2.75, 3.05) is 13.1 Å². The number of hydrogen-bond donors (Lipinski definition) is 0. The van der Waals surface area contributed by atoms with Gasteiger partial charge in [0.1, 0.15) is 5.76 Å². The van der Waals surface area contributed by atoms with E-state index in [0.717, 1.165) is 31.7 Å². The van der Waals surface area contributed by atoms with E-state index in [0.29, 0.717) is 5.92 Å². The molecular weight excluding hydrogens is 190 g/mol. The molecule has 1 fully saturated rings. The first-order valence-electron chi connectivity index (χ1n) is 5.26. The van der Waals surface area contributed by atoms with E-state index in [9.17, 15) is 4.79 Å². The smallest absolute Gasteiger partial charge is 0.245 e. The number of carbonyl (C=O) groups excluding carboxylic acids is 1. The van der Waals surface area contributed by atoms with Crippen molar-refractivity contribution in [1.29, 1.82) is 0 Å². The van der Waals surface area contributed by atoms with Crippen molar-refractivity contribution in [3.05, 3.63) is 36.8 Å². The van der Waals surface area contributed by atoms with Crippen LogP contribution in [-0.2, 0) is 4.79 Å². The second kappa shape index (κ2) is 4.34. The Kier molecular flexibility index (Phi) is 2.90. The van der Waals surface area contributed by atoms with Gasteiger partial charge >= 0.3 is 0 Å². The molecule has 2 heterocycles. The van der Waals surface area contributed by atoms with Gasteiger partial charge in [-0.25, -0.2) is 0 Å². The molecule has 2 rings (SSSR count). The fourth-order valence-corrected chi connectivity index (χ4v) is 2.04. The molecule has 80 valence electrons. The quantitative estimate of drug-likeness (QED) is 0.693. The van der Waals surface area contributed by atoms with Gasteiger partial charge < -0.3 is 9.32 Å². The number of nitrogens with zero attached hydrogens (tertiary/aromatic N) is 1. The van der Waals surface area contributed by atoms with Gasteiger partial charge in [0.05, 0.1) is 6.26 Å². The Balaban J connectivity index is 1.92. The van der Waals surface area contributed by atoms with Crippen LogP contribution in [0.5, 0.6) is 0 Å². The van der Waals surface area contributed by atoms with Crippen molar-refractivity contribution in [2.45, 2.75) is 18.8 Å².